The third-order valence-electron chi connectivity index (χ3n) is 3.25. The van der Waals surface area contributed by atoms with Crippen LogP contribution in [0.2, 0.25) is 0 Å². The number of benzene rings is 1. The zero-order valence-electron chi connectivity index (χ0n) is 12.0. The maximum absolute atomic E-state index is 12.5. The molecule has 2 rings (SSSR count). The second-order valence-corrected chi connectivity index (χ2v) is 6.55. The molecule has 1 fully saturated rings. The SMILES string of the molecule is CCN1CCN(S(=O)(=O)c2ccc(NC(C)=O)cc2)C1=N. The monoisotopic (exact) mass is 310 g/mol. The van der Waals surface area contributed by atoms with E-state index in [0.29, 0.717) is 18.8 Å². The van der Waals surface area contributed by atoms with Gasteiger partial charge in [0.25, 0.3) is 10.0 Å². The molecule has 1 aromatic rings. The molecule has 1 aliphatic rings. The predicted molar refractivity (Wildman–Crippen MR) is 79.6 cm³/mol. The standard InChI is InChI=1S/C13H18N4O3S/c1-3-16-8-9-17(13(16)14)21(19,20)12-6-4-11(5-7-12)15-10(2)18/h4-7,14H,3,8-9H2,1-2H3,(H,15,18). The van der Waals surface area contributed by atoms with Gasteiger partial charge in [-0.3, -0.25) is 10.2 Å². The van der Waals surface area contributed by atoms with Crippen molar-refractivity contribution in [3.8, 4) is 0 Å². The van der Waals surface area contributed by atoms with Crippen LogP contribution in [-0.4, -0.2) is 49.1 Å². The Labute approximate surface area is 124 Å². The first kappa shape index (κ1) is 15.3. The van der Waals surface area contributed by atoms with Crippen LogP contribution in [0.4, 0.5) is 5.69 Å². The fraction of sp³-hybridized carbons (Fsp3) is 0.385. The van der Waals surface area contributed by atoms with Crippen LogP contribution >= 0.6 is 0 Å². The third kappa shape index (κ3) is 2.99. The molecule has 0 radical (unpaired) electrons. The number of carbonyl (C=O) groups is 1. The molecule has 0 spiro atoms. The Bertz CT molecular complexity index is 654. The van der Waals surface area contributed by atoms with E-state index in [4.69, 9.17) is 5.41 Å². The van der Waals surface area contributed by atoms with Crippen molar-refractivity contribution >= 4 is 27.6 Å². The van der Waals surface area contributed by atoms with Crippen molar-refractivity contribution in [1.29, 1.82) is 5.41 Å². The fourth-order valence-electron chi connectivity index (χ4n) is 2.16. The molecule has 1 amide bonds. The van der Waals surface area contributed by atoms with E-state index in [1.54, 1.807) is 4.90 Å². The number of likely N-dealkylation sites (N-methyl/N-ethyl adjacent to an activating group) is 1. The molecular weight excluding hydrogens is 292 g/mol. The molecular formula is C13H18N4O3S. The largest absolute Gasteiger partial charge is 0.341 e. The number of nitrogens with one attached hydrogen (secondary N) is 2. The second kappa shape index (κ2) is 5.72. The molecule has 1 heterocycles. The Kier molecular flexibility index (Phi) is 4.17. The van der Waals surface area contributed by atoms with E-state index < -0.39 is 10.0 Å². The van der Waals surface area contributed by atoms with Crippen molar-refractivity contribution in [2.75, 3.05) is 25.0 Å². The number of hydrogen-bond acceptors (Lipinski definition) is 4. The molecule has 0 unspecified atom stereocenters. The van der Waals surface area contributed by atoms with Crippen molar-refractivity contribution in [2.45, 2.75) is 18.7 Å². The Morgan fingerprint density at radius 3 is 2.38 bits per heavy atom. The summed E-state index contributed by atoms with van der Waals surface area (Å²) < 4.78 is 26.1. The summed E-state index contributed by atoms with van der Waals surface area (Å²) in [5, 5.41) is 10.5. The zero-order valence-corrected chi connectivity index (χ0v) is 12.8. The summed E-state index contributed by atoms with van der Waals surface area (Å²) in [7, 11) is -3.72. The first-order valence-corrected chi connectivity index (χ1v) is 8.04. The van der Waals surface area contributed by atoms with Gasteiger partial charge in [-0.05, 0) is 31.2 Å². The van der Waals surface area contributed by atoms with Crippen LogP contribution in [0.5, 0.6) is 0 Å². The molecule has 0 atom stereocenters. The van der Waals surface area contributed by atoms with Gasteiger partial charge in [-0.1, -0.05) is 0 Å². The number of anilines is 1. The number of nitrogens with zero attached hydrogens (tertiary/aromatic N) is 2. The van der Waals surface area contributed by atoms with Crippen molar-refractivity contribution in [2.24, 2.45) is 0 Å². The first-order chi connectivity index (χ1) is 9.86. The Balaban J connectivity index is 2.24. The van der Waals surface area contributed by atoms with Crippen molar-refractivity contribution in [3.05, 3.63) is 24.3 Å². The summed E-state index contributed by atoms with van der Waals surface area (Å²) in [6.07, 6.45) is 0. The molecule has 0 bridgehead atoms. The molecule has 1 aliphatic heterocycles. The predicted octanol–water partition coefficient (Wildman–Crippen LogP) is 0.906. The van der Waals surface area contributed by atoms with Crippen LogP contribution < -0.4 is 5.32 Å². The number of hydrogen-bond donors (Lipinski definition) is 2. The first-order valence-electron chi connectivity index (χ1n) is 6.60. The highest BCUT2D eigenvalue weighted by molar-refractivity contribution is 7.89. The van der Waals surface area contributed by atoms with Gasteiger partial charge in [0.1, 0.15) is 0 Å². The van der Waals surface area contributed by atoms with E-state index in [9.17, 15) is 13.2 Å². The van der Waals surface area contributed by atoms with E-state index in [2.05, 4.69) is 5.32 Å². The highest BCUT2D eigenvalue weighted by Gasteiger charge is 2.34. The third-order valence-corrected chi connectivity index (χ3v) is 5.06. The lowest BCUT2D eigenvalue weighted by Gasteiger charge is -2.20. The lowest BCUT2D eigenvalue weighted by atomic mass is 10.3. The summed E-state index contributed by atoms with van der Waals surface area (Å²) in [5.41, 5.74) is 0.535. The van der Waals surface area contributed by atoms with Crippen LogP contribution in [0.15, 0.2) is 29.2 Å². The topological polar surface area (TPSA) is 93.6 Å². The van der Waals surface area contributed by atoms with Crippen LogP contribution in [-0.2, 0) is 14.8 Å². The lowest BCUT2D eigenvalue weighted by Crippen LogP contribution is -2.36. The van der Waals surface area contributed by atoms with E-state index >= 15 is 0 Å². The van der Waals surface area contributed by atoms with Gasteiger partial charge in [0.2, 0.25) is 11.9 Å². The van der Waals surface area contributed by atoms with Crippen molar-refractivity contribution in [1.82, 2.24) is 9.21 Å². The van der Waals surface area contributed by atoms with Gasteiger partial charge in [0.05, 0.1) is 11.4 Å². The Hall–Kier alpha value is -2.09. The molecule has 8 heteroatoms. The maximum Gasteiger partial charge on any atom is 0.266 e. The van der Waals surface area contributed by atoms with Gasteiger partial charge in [-0.25, -0.2) is 12.7 Å². The molecule has 114 valence electrons. The maximum atomic E-state index is 12.5. The second-order valence-electron chi connectivity index (χ2n) is 4.69. The highest BCUT2D eigenvalue weighted by atomic mass is 32.2. The molecule has 7 nitrogen and oxygen atoms in total. The highest BCUT2D eigenvalue weighted by Crippen LogP contribution is 2.22. The fourth-order valence-corrected chi connectivity index (χ4v) is 3.56. The van der Waals surface area contributed by atoms with E-state index in [1.807, 2.05) is 6.92 Å². The molecule has 0 saturated carbocycles. The summed E-state index contributed by atoms with van der Waals surface area (Å²) in [5.74, 6) is -0.214. The zero-order chi connectivity index (χ0) is 15.6. The minimum absolute atomic E-state index is 0.00318. The van der Waals surface area contributed by atoms with Gasteiger partial charge in [-0.15, -0.1) is 0 Å². The minimum atomic E-state index is -3.72. The smallest absolute Gasteiger partial charge is 0.266 e. The van der Waals surface area contributed by atoms with E-state index in [0.717, 1.165) is 4.31 Å². The van der Waals surface area contributed by atoms with E-state index in [1.165, 1.54) is 31.2 Å². The van der Waals surface area contributed by atoms with Crippen molar-refractivity contribution < 1.29 is 13.2 Å². The number of guanidine groups is 1. The average molecular weight is 310 g/mol. The molecule has 1 saturated heterocycles. The lowest BCUT2D eigenvalue weighted by molar-refractivity contribution is -0.114. The molecule has 0 aliphatic carbocycles. The van der Waals surface area contributed by atoms with Crippen LogP contribution in [0.1, 0.15) is 13.8 Å². The van der Waals surface area contributed by atoms with Gasteiger partial charge in [0, 0.05) is 25.7 Å². The molecule has 2 N–H and O–H groups in total. The number of sulfonamides is 1. The van der Waals surface area contributed by atoms with Crippen LogP contribution in [0.25, 0.3) is 0 Å². The normalized spacial score (nSPS) is 15.4. The molecule has 0 aromatic heterocycles. The summed E-state index contributed by atoms with van der Waals surface area (Å²) >= 11 is 0. The number of rotatable bonds is 4. The van der Waals surface area contributed by atoms with E-state index in [-0.39, 0.29) is 23.3 Å². The van der Waals surface area contributed by atoms with Gasteiger partial charge in [-0.2, -0.15) is 0 Å². The van der Waals surface area contributed by atoms with Crippen LogP contribution in [0, 0.1) is 5.41 Å². The molecule has 1 aromatic carbocycles. The van der Waals surface area contributed by atoms with Gasteiger partial charge in [0.15, 0.2) is 0 Å². The average Bonchev–Trinajstić information content (AvgIpc) is 2.80. The Morgan fingerprint density at radius 2 is 1.90 bits per heavy atom. The summed E-state index contributed by atoms with van der Waals surface area (Å²) in [6.45, 7) is 4.68. The van der Waals surface area contributed by atoms with Gasteiger partial charge < -0.3 is 10.2 Å². The summed E-state index contributed by atoms with van der Waals surface area (Å²) in [4.78, 5) is 12.8. The van der Waals surface area contributed by atoms with Crippen LogP contribution in [0.3, 0.4) is 0 Å². The quantitative estimate of drug-likeness (QED) is 0.864. The number of carbonyl (C=O) groups excluding carboxylic acids is 1. The summed E-state index contributed by atoms with van der Waals surface area (Å²) in [6, 6.07) is 5.93. The number of amides is 1. The Morgan fingerprint density at radius 1 is 1.29 bits per heavy atom. The van der Waals surface area contributed by atoms with Crippen molar-refractivity contribution in [3.63, 3.8) is 0 Å². The van der Waals surface area contributed by atoms with Gasteiger partial charge >= 0.3 is 0 Å². The molecule has 21 heavy (non-hydrogen) atoms. The minimum Gasteiger partial charge on any atom is -0.341 e.